The topological polar surface area (TPSA) is 106 Å². The molecule has 0 saturated heterocycles. The molecule has 170 valence electrons. The summed E-state index contributed by atoms with van der Waals surface area (Å²) in [5.74, 6) is -1.29. The summed E-state index contributed by atoms with van der Waals surface area (Å²) in [7, 11) is 0. The second kappa shape index (κ2) is 9.68. The van der Waals surface area contributed by atoms with Crippen LogP contribution in [-0.4, -0.2) is 23.3 Å². The number of rotatable bonds is 5. The fourth-order valence-corrected chi connectivity index (χ4v) is 4.27. The number of para-hydroxylation sites is 1. The van der Waals surface area contributed by atoms with Gasteiger partial charge < -0.3 is 10.5 Å². The molecule has 0 bridgehead atoms. The van der Waals surface area contributed by atoms with Gasteiger partial charge >= 0.3 is 5.97 Å². The van der Waals surface area contributed by atoms with Crippen molar-refractivity contribution in [2.45, 2.75) is 19.8 Å². The Morgan fingerprint density at radius 3 is 2.65 bits per heavy atom. The smallest absolute Gasteiger partial charge is 0.339 e. The Morgan fingerprint density at radius 1 is 1.18 bits per heavy atom. The number of nitriles is 1. The number of carbonyl (C=O) groups is 2. The average Bonchev–Trinajstić information content (AvgIpc) is 3.20. The number of aromatic nitrogens is 1. The molecule has 34 heavy (non-hydrogen) atoms. The normalized spacial score (nSPS) is 14.5. The summed E-state index contributed by atoms with van der Waals surface area (Å²) >= 11 is 12.2. The molecule has 1 aliphatic rings. The van der Waals surface area contributed by atoms with E-state index in [4.69, 9.17) is 43.9 Å². The van der Waals surface area contributed by atoms with Gasteiger partial charge in [-0.25, -0.2) is 9.78 Å². The predicted octanol–water partition coefficient (Wildman–Crippen LogP) is 5.51. The van der Waals surface area contributed by atoms with Crippen LogP contribution in [0.25, 0.3) is 22.6 Å². The highest BCUT2D eigenvalue weighted by atomic mass is 35.5. The summed E-state index contributed by atoms with van der Waals surface area (Å²) in [6.07, 6.45) is 3.23. The van der Waals surface area contributed by atoms with E-state index in [1.165, 1.54) is 6.92 Å². The van der Waals surface area contributed by atoms with Gasteiger partial charge in [0.25, 0.3) is 0 Å². The zero-order valence-corrected chi connectivity index (χ0v) is 19.7. The van der Waals surface area contributed by atoms with E-state index in [0.717, 1.165) is 16.7 Å². The van der Waals surface area contributed by atoms with Crippen LogP contribution >= 0.6 is 23.2 Å². The van der Waals surface area contributed by atoms with Crippen LogP contribution in [0.5, 0.6) is 0 Å². The number of nitrogens with zero attached hydrogens (tertiary/aromatic N) is 2. The van der Waals surface area contributed by atoms with Crippen molar-refractivity contribution in [2.75, 3.05) is 6.61 Å². The first-order valence-electron chi connectivity index (χ1n) is 10.4. The van der Waals surface area contributed by atoms with Crippen LogP contribution in [0.2, 0.25) is 10.0 Å². The number of ether oxygens (including phenoxy) is 1. The lowest BCUT2D eigenvalue weighted by Crippen LogP contribution is -2.19. The minimum absolute atomic E-state index is 0.0795. The fraction of sp³-hybridized carbons (Fsp3) is 0.154. The lowest BCUT2D eigenvalue weighted by molar-refractivity contribution is -0.118. The van der Waals surface area contributed by atoms with Crippen molar-refractivity contribution in [3.8, 4) is 6.07 Å². The number of allylic oxidation sites excluding steroid dienone is 2. The molecular weight excluding hydrogens is 473 g/mol. The molecule has 1 heterocycles. The van der Waals surface area contributed by atoms with Crippen LogP contribution < -0.4 is 5.73 Å². The second-order valence-corrected chi connectivity index (χ2v) is 8.66. The van der Waals surface area contributed by atoms with Crippen molar-refractivity contribution < 1.29 is 14.3 Å². The average molecular weight is 492 g/mol. The summed E-state index contributed by atoms with van der Waals surface area (Å²) in [6, 6.07) is 14.4. The molecule has 0 unspecified atom stereocenters. The number of fused-ring (bicyclic) bond motifs is 2. The van der Waals surface area contributed by atoms with Gasteiger partial charge in [-0.1, -0.05) is 47.5 Å². The molecule has 0 amide bonds. The first kappa shape index (κ1) is 23.5. The standard InChI is InChI=1S/C26H19Cl2N3O3/c1-14(30)19(12-29)23(32)13-34-26(33)24-17-4-2-3-5-22(17)31-25-16(7-8-18(24)25)10-15-6-9-20(27)21(28)11-15/h2-6,9-11H,7-8,13,30H2,1H3/b16-10+,19-14+. The molecule has 0 fully saturated rings. The number of nitrogens with two attached hydrogens (primary N) is 1. The van der Waals surface area contributed by atoms with Crippen molar-refractivity contribution in [3.05, 3.63) is 86.2 Å². The van der Waals surface area contributed by atoms with E-state index in [2.05, 4.69) is 0 Å². The van der Waals surface area contributed by atoms with Gasteiger partial charge in [-0.2, -0.15) is 5.26 Å². The molecule has 1 aliphatic carbocycles. The molecule has 0 spiro atoms. The van der Waals surface area contributed by atoms with Crippen LogP contribution in [0.4, 0.5) is 0 Å². The zero-order chi connectivity index (χ0) is 24.4. The Morgan fingerprint density at radius 2 is 1.94 bits per heavy atom. The monoisotopic (exact) mass is 491 g/mol. The molecule has 0 radical (unpaired) electrons. The van der Waals surface area contributed by atoms with Crippen LogP contribution in [0, 0.1) is 11.3 Å². The van der Waals surface area contributed by atoms with Gasteiger partial charge in [0.1, 0.15) is 11.6 Å². The minimum atomic E-state index is -0.647. The van der Waals surface area contributed by atoms with E-state index in [1.807, 2.05) is 30.3 Å². The third-order valence-corrected chi connectivity index (χ3v) is 6.29. The van der Waals surface area contributed by atoms with E-state index in [-0.39, 0.29) is 11.3 Å². The second-order valence-electron chi connectivity index (χ2n) is 7.84. The third kappa shape index (κ3) is 4.54. The van der Waals surface area contributed by atoms with E-state index < -0.39 is 18.4 Å². The quantitative estimate of drug-likeness (QED) is 0.286. The van der Waals surface area contributed by atoms with Crippen molar-refractivity contribution in [1.29, 1.82) is 5.26 Å². The SMILES string of the molecule is C/C(N)=C(/C#N)C(=O)COC(=O)c1c2c(nc3ccccc13)/C(=C/c1ccc(Cl)c(Cl)c1)CC2. The van der Waals surface area contributed by atoms with Gasteiger partial charge in [0, 0.05) is 11.1 Å². The van der Waals surface area contributed by atoms with Crippen LogP contribution in [-0.2, 0) is 16.0 Å². The summed E-state index contributed by atoms with van der Waals surface area (Å²) in [5, 5.41) is 10.7. The van der Waals surface area contributed by atoms with Crippen molar-refractivity contribution in [2.24, 2.45) is 5.73 Å². The lowest BCUT2D eigenvalue weighted by Gasteiger charge is -2.12. The minimum Gasteiger partial charge on any atom is -0.454 e. The number of halogens is 2. The molecule has 2 N–H and O–H groups in total. The highest BCUT2D eigenvalue weighted by Crippen LogP contribution is 2.38. The number of hydrogen-bond acceptors (Lipinski definition) is 6. The Kier molecular flexibility index (Phi) is 6.69. The van der Waals surface area contributed by atoms with Gasteiger partial charge in [-0.15, -0.1) is 0 Å². The fourth-order valence-electron chi connectivity index (χ4n) is 3.96. The first-order chi connectivity index (χ1) is 16.3. The first-order valence-corrected chi connectivity index (χ1v) is 11.2. The van der Waals surface area contributed by atoms with E-state index in [9.17, 15) is 9.59 Å². The Labute approximate surface area is 206 Å². The Hall–Kier alpha value is -3.66. The molecule has 6 nitrogen and oxygen atoms in total. The number of ketones is 1. The molecule has 0 atom stereocenters. The molecule has 0 aliphatic heterocycles. The number of Topliss-reactive ketones (excluding diaryl/α,β-unsaturated/α-hetero) is 1. The van der Waals surface area contributed by atoms with E-state index in [0.29, 0.717) is 45.0 Å². The van der Waals surface area contributed by atoms with Crippen molar-refractivity contribution >= 4 is 57.5 Å². The van der Waals surface area contributed by atoms with Crippen molar-refractivity contribution in [1.82, 2.24) is 4.98 Å². The maximum atomic E-state index is 13.2. The maximum absolute atomic E-state index is 13.2. The summed E-state index contributed by atoms with van der Waals surface area (Å²) in [5.41, 5.74) is 9.74. The van der Waals surface area contributed by atoms with Crippen molar-refractivity contribution in [3.63, 3.8) is 0 Å². The summed E-state index contributed by atoms with van der Waals surface area (Å²) in [6.45, 7) is 0.872. The molecule has 0 saturated carbocycles. The van der Waals surface area contributed by atoms with Gasteiger partial charge in [-0.05, 0) is 60.7 Å². The van der Waals surface area contributed by atoms with Crippen LogP contribution in [0.3, 0.4) is 0 Å². The van der Waals surface area contributed by atoms with Gasteiger partial charge in [0.15, 0.2) is 6.61 Å². The molecule has 8 heteroatoms. The number of carbonyl (C=O) groups excluding carboxylic acids is 2. The Bertz CT molecular complexity index is 1450. The molecule has 3 aromatic rings. The van der Waals surface area contributed by atoms with Gasteiger partial charge in [0.2, 0.25) is 5.78 Å². The Balaban J connectivity index is 1.74. The highest BCUT2D eigenvalue weighted by molar-refractivity contribution is 6.42. The third-order valence-electron chi connectivity index (χ3n) is 5.55. The number of pyridine rings is 1. The maximum Gasteiger partial charge on any atom is 0.339 e. The number of hydrogen-bond donors (Lipinski definition) is 1. The molecular formula is C26H19Cl2N3O3. The number of esters is 1. The molecule has 1 aromatic heterocycles. The molecule has 2 aromatic carbocycles. The van der Waals surface area contributed by atoms with Crippen LogP contribution in [0.15, 0.2) is 53.7 Å². The summed E-state index contributed by atoms with van der Waals surface area (Å²) < 4.78 is 5.33. The lowest BCUT2D eigenvalue weighted by atomic mass is 10.0. The van der Waals surface area contributed by atoms with E-state index in [1.54, 1.807) is 24.3 Å². The highest BCUT2D eigenvalue weighted by Gasteiger charge is 2.28. The van der Waals surface area contributed by atoms with E-state index >= 15 is 0 Å². The molecule has 4 rings (SSSR count). The largest absolute Gasteiger partial charge is 0.454 e. The zero-order valence-electron chi connectivity index (χ0n) is 18.2. The van der Waals surface area contributed by atoms with Gasteiger partial charge in [0.05, 0.1) is 26.8 Å². The van der Waals surface area contributed by atoms with Gasteiger partial charge in [-0.3, -0.25) is 4.79 Å². The summed E-state index contributed by atoms with van der Waals surface area (Å²) in [4.78, 5) is 30.3. The van der Waals surface area contributed by atoms with Crippen LogP contribution in [0.1, 0.15) is 40.5 Å². The number of benzene rings is 2. The predicted molar refractivity (Wildman–Crippen MR) is 132 cm³/mol.